The van der Waals surface area contributed by atoms with Crippen LogP contribution < -0.4 is 46.1 Å². The Morgan fingerprint density at radius 1 is 0.474 bits per heavy atom. The standard InChI is InChI=1S/C85H100N12O19/c1-50(2)80(92-74(102)26-34-113-36-28-86-72(100)12-9-30-94-76(104)22-23-77(94)105)67(98)39-53(6)82(108)90-59-18-14-55(15-19-59)57-41-61-46-88-65-44-69(52(5)38-63(65)84(110)96(61)48-57)115-32-11-33-116-71-45-66-64(43-70(71)112-8)85(111)97-49-58(42-62(97)47-89-66)56-16-20-60(21-17-56)91-83(109)54(7)40-68(99)81(51(3)4)93-75(103)27-35-114-37-29-87-73(101)13-10-31-95-78(106)24-25-79(95)107/h14-25,38,43-51,53-54,61-62,80-81H,9-13,26-37,39-42H2,1-8H3,(H,86,100)(H,87,101)(H,90,108)(H,91,109)(H,92,102)(H,93,103)/t53-,54-,61+,62+,80+,81+/m1/s1. The Bertz CT molecular complexity index is 4580. The Balaban J connectivity index is 0.614. The molecule has 0 spiro atoms. The molecule has 116 heavy (non-hydrogen) atoms. The Morgan fingerprint density at radius 2 is 0.879 bits per heavy atom. The van der Waals surface area contributed by atoms with Crippen LogP contribution in [0.4, 0.5) is 22.7 Å². The molecule has 31 heteroatoms. The Kier molecular flexibility index (Phi) is 30.3. The van der Waals surface area contributed by atoms with Gasteiger partial charge in [0.2, 0.25) is 35.4 Å². The molecule has 0 radical (unpaired) electrons. The highest BCUT2D eigenvalue weighted by molar-refractivity contribution is 6.14. The van der Waals surface area contributed by atoms with Crippen LogP contribution in [0.1, 0.15) is 150 Å². The third-order valence-electron chi connectivity index (χ3n) is 20.3. The van der Waals surface area contributed by atoms with E-state index in [0.717, 1.165) is 37.6 Å². The molecule has 0 aromatic heterocycles. The van der Waals surface area contributed by atoms with E-state index in [-0.39, 0.29) is 175 Å². The number of anilines is 2. The van der Waals surface area contributed by atoms with Crippen LogP contribution >= 0.6 is 0 Å². The number of benzene rings is 4. The highest BCUT2D eigenvalue weighted by Crippen LogP contribution is 2.41. The van der Waals surface area contributed by atoms with Gasteiger partial charge >= 0.3 is 0 Å². The zero-order chi connectivity index (χ0) is 83.3. The number of rotatable bonds is 43. The van der Waals surface area contributed by atoms with Crippen LogP contribution in [0, 0.1) is 30.6 Å². The van der Waals surface area contributed by atoms with Crippen LogP contribution in [0.2, 0.25) is 0 Å². The molecule has 0 unspecified atom stereocenters. The smallest absolute Gasteiger partial charge is 0.260 e. The summed E-state index contributed by atoms with van der Waals surface area (Å²) >= 11 is 0. The maximum Gasteiger partial charge on any atom is 0.260 e. The van der Waals surface area contributed by atoms with Gasteiger partial charge < -0.3 is 65.4 Å². The number of ketones is 2. The summed E-state index contributed by atoms with van der Waals surface area (Å²) < 4.78 is 29.2. The number of fused-ring (bicyclic) bond motifs is 4. The van der Waals surface area contributed by atoms with Crippen molar-refractivity contribution in [3.63, 3.8) is 0 Å². The highest BCUT2D eigenvalue weighted by atomic mass is 16.5. The Labute approximate surface area is 672 Å². The minimum Gasteiger partial charge on any atom is -0.493 e. The number of aliphatic imine (C=N–C) groups is 2. The fourth-order valence-electron chi connectivity index (χ4n) is 13.7. The second-order valence-corrected chi connectivity index (χ2v) is 29.8. The van der Waals surface area contributed by atoms with Gasteiger partial charge in [-0.3, -0.25) is 86.9 Å². The summed E-state index contributed by atoms with van der Waals surface area (Å²) in [5, 5.41) is 16.7. The zero-order valence-corrected chi connectivity index (χ0v) is 66.5. The summed E-state index contributed by atoms with van der Waals surface area (Å²) in [4.78, 5) is 194. The van der Waals surface area contributed by atoms with E-state index in [1.54, 1.807) is 119 Å². The third kappa shape index (κ3) is 23.1. The molecule has 6 aliphatic heterocycles. The average molecular weight is 1590 g/mol. The first kappa shape index (κ1) is 86.3. The Hall–Kier alpha value is -12.1. The van der Waals surface area contributed by atoms with Crippen LogP contribution in [0.5, 0.6) is 17.2 Å². The maximum atomic E-state index is 14.2. The number of hydrogen-bond donors (Lipinski definition) is 6. The number of ether oxygens (including phenoxy) is 5. The van der Waals surface area contributed by atoms with E-state index < -0.39 is 59.4 Å². The summed E-state index contributed by atoms with van der Waals surface area (Å²) in [7, 11) is 1.49. The maximum absolute atomic E-state index is 14.2. The van der Waals surface area contributed by atoms with Crippen molar-refractivity contribution in [2.75, 3.05) is 83.6 Å². The quantitative estimate of drug-likeness (QED) is 0.0183. The van der Waals surface area contributed by atoms with E-state index in [1.807, 2.05) is 37.4 Å². The molecular weight excluding hydrogens is 1490 g/mol. The third-order valence-corrected chi connectivity index (χ3v) is 20.3. The van der Waals surface area contributed by atoms with Crippen LogP contribution in [-0.4, -0.2) is 212 Å². The van der Waals surface area contributed by atoms with Crippen LogP contribution in [0.25, 0.3) is 11.1 Å². The van der Waals surface area contributed by atoms with Gasteiger partial charge in [-0.15, -0.1) is 0 Å². The highest BCUT2D eigenvalue weighted by Gasteiger charge is 2.37. The monoisotopic (exact) mass is 1590 g/mol. The topological polar surface area (TPSA) is 395 Å². The number of nitrogens with one attached hydrogen (secondary N) is 6. The predicted octanol–water partition coefficient (Wildman–Crippen LogP) is 7.60. The lowest BCUT2D eigenvalue weighted by Gasteiger charge is -2.23. The van der Waals surface area contributed by atoms with Crippen molar-refractivity contribution in [1.29, 1.82) is 0 Å². The molecule has 4 aromatic rings. The van der Waals surface area contributed by atoms with Crippen molar-refractivity contribution in [3.8, 4) is 17.2 Å². The molecule has 0 bridgehead atoms. The molecule has 10 rings (SSSR count). The van der Waals surface area contributed by atoms with Crippen molar-refractivity contribution in [2.45, 2.75) is 143 Å². The van der Waals surface area contributed by atoms with Gasteiger partial charge in [-0.25, -0.2) is 0 Å². The fraction of sp³-hybridized carbons (Fsp3) is 0.435. The summed E-state index contributed by atoms with van der Waals surface area (Å²) in [5.74, 6) is -5.46. The number of nitrogens with zero attached hydrogens (tertiary/aromatic N) is 6. The summed E-state index contributed by atoms with van der Waals surface area (Å²) in [6, 6.07) is 18.8. The number of hydrogen-bond acceptors (Lipinski definition) is 21. The molecule has 6 aliphatic rings. The molecule has 4 aromatic carbocycles. The molecule has 0 saturated heterocycles. The van der Waals surface area contributed by atoms with Gasteiger partial charge in [0, 0.05) is 168 Å². The van der Waals surface area contributed by atoms with Crippen molar-refractivity contribution in [2.24, 2.45) is 33.7 Å². The van der Waals surface area contributed by atoms with Crippen LogP contribution in [0.3, 0.4) is 0 Å². The molecular formula is C85H100N12O19. The number of Topliss-reactive ketones (excluding diaryl/α,β-unsaturated/α-hetero) is 2. The first-order valence-electron chi connectivity index (χ1n) is 39.1. The summed E-state index contributed by atoms with van der Waals surface area (Å²) in [6.07, 6.45) is 13.9. The van der Waals surface area contributed by atoms with E-state index in [1.165, 1.54) is 31.4 Å². The number of amides is 12. The first-order chi connectivity index (χ1) is 55.6. The minimum atomic E-state index is -0.836. The van der Waals surface area contributed by atoms with Gasteiger partial charge in [0.05, 0.1) is 93.4 Å². The van der Waals surface area contributed by atoms with Gasteiger partial charge in [0.25, 0.3) is 35.4 Å². The number of methoxy groups -OCH3 is 1. The van der Waals surface area contributed by atoms with E-state index in [0.29, 0.717) is 83.2 Å². The van der Waals surface area contributed by atoms with E-state index in [9.17, 15) is 67.1 Å². The van der Waals surface area contributed by atoms with Gasteiger partial charge in [0.1, 0.15) is 5.75 Å². The lowest BCUT2D eigenvalue weighted by molar-refractivity contribution is -0.138. The van der Waals surface area contributed by atoms with Crippen molar-refractivity contribution >= 4 is 129 Å². The van der Waals surface area contributed by atoms with Gasteiger partial charge in [-0.1, -0.05) is 65.8 Å². The van der Waals surface area contributed by atoms with Gasteiger partial charge in [-0.2, -0.15) is 0 Å². The number of aryl methyl sites for hydroxylation is 1. The lowest BCUT2D eigenvalue weighted by atomic mass is 9.92. The van der Waals surface area contributed by atoms with E-state index in [2.05, 4.69) is 31.9 Å². The predicted molar refractivity (Wildman–Crippen MR) is 430 cm³/mol. The van der Waals surface area contributed by atoms with Crippen LogP contribution in [0.15, 0.2) is 119 Å². The second kappa shape index (κ2) is 40.7. The molecule has 12 amide bonds. The zero-order valence-electron chi connectivity index (χ0n) is 66.5. The van der Waals surface area contributed by atoms with Crippen molar-refractivity contribution in [1.82, 2.24) is 40.9 Å². The number of imide groups is 2. The SMILES string of the molecule is COc1cc2c(cc1OCCCOc1cc3c(cc1C)C(=O)N1C=C(c4ccc(NC(=O)[C@H](C)CC(=O)[C@@H](NC(=O)CCOCCNC(=O)CCCN5C(=O)C=CC5=O)C(C)C)cc4)C[C@H]1C=N3)N=C[C@@H]1CC(c3ccc(NC(=O)[C@H](C)CC(=O)[C@@H](NC(=O)CCOCCNC(=O)CCCN4C(=O)C=CC4=O)C(C)C)cc3)=CN1C2=O. The minimum absolute atomic E-state index is 0.0296. The molecule has 614 valence electrons. The molecule has 6 atom stereocenters. The fourth-order valence-corrected chi connectivity index (χ4v) is 13.7. The summed E-state index contributed by atoms with van der Waals surface area (Å²) in [6.45, 7) is 13.9. The molecule has 6 N–H and O–H groups in total. The largest absolute Gasteiger partial charge is 0.493 e. The van der Waals surface area contributed by atoms with E-state index in [4.69, 9.17) is 33.7 Å². The van der Waals surface area contributed by atoms with Crippen LogP contribution in [-0.2, 0) is 67.0 Å². The molecule has 0 saturated carbocycles. The molecule has 31 nitrogen and oxygen atoms in total. The van der Waals surface area contributed by atoms with Crippen molar-refractivity contribution < 1.29 is 90.8 Å². The second-order valence-electron chi connectivity index (χ2n) is 29.8. The van der Waals surface area contributed by atoms with Crippen molar-refractivity contribution in [3.05, 3.63) is 137 Å². The van der Waals surface area contributed by atoms with Gasteiger partial charge in [-0.05, 0) is 95.8 Å². The number of carbonyl (C=O) groups excluding carboxylic acids is 14. The van der Waals surface area contributed by atoms with E-state index >= 15 is 0 Å². The Morgan fingerprint density at radius 3 is 1.29 bits per heavy atom. The molecule has 6 heterocycles. The lowest BCUT2D eigenvalue weighted by Crippen LogP contribution is -2.45. The summed E-state index contributed by atoms with van der Waals surface area (Å²) in [5.41, 5.74) is 6.82. The first-order valence-corrected chi connectivity index (χ1v) is 39.1. The van der Waals surface area contributed by atoms with Gasteiger partial charge in [0.15, 0.2) is 23.1 Å². The average Bonchev–Trinajstić information content (AvgIpc) is 1.63. The normalized spacial score (nSPS) is 16.9. The number of carbonyl (C=O) groups is 14. The molecule has 0 fully saturated rings. The molecule has 0 aliphatic carbocycles.